The molecule has 150 valence electrons. The molecule has 0 saturated carbocycles. The molecule has 0 aliphatic heterocycles. The highest BCUT2D eigenvalue weighted by atomic mass is 16.5. The van der Waals surface area contributed by atoms with Gasteiger partial charge in [0.2, 0.25) is 5.91 Å². The fourth-order valence-corrected chi connectivity index (χ4v) is 3.32. The van der Waals surface area contributed by atoms with Crippen LogP contribution in [0.3, 0.4) is 0 Å². The van der Waals surface area contributed by atoms with Crippen LogP contribution in [-0.2, 0) is 14.3 Å². The van der Waals surface area contributed by atoms with Crippen molar-refractivity contribution in [3.05, 3.63) is 71.3 Å². The van der Waals surface area contributed by atoms with Crippen LogP contribution in [-0.4, -0.2) is 42.8 Å². The highest BCUT2D eigenvalue weighted by Gasteiger charge is 2.28. The molecule has 0 radical (unpaired) electrons. The predicted octanol–water partition coefficient (Wildman–Crippen LogP) is 2.67. The van der Waals surface area contributed by atoms with Gasteiger partial charge < -0.3 is 20.5 Å². The van der Waals surface area contributed by atoms with Gasteiger partial charge >= 0.3 is 12.1 Å². The van der Waals surface area contributed by atoms with Crippen LogP contribution in [0.2, 0.25) is 0 Å². The number of carbonyl (C=O) groups excluding carboxylic acids is 2. The van der Waals surface area contributed by atoms with Crippen molar-refractivity contribution in [1.29, 1.82) is 0 Å². The first-order chi connectivity index (χ1) is 14.0. The lowest BCUT2D eigenvalue weighted by Crippen LogP contribution is -2.31. The number of rotatable bonds is 7. The number of hydrogen-bond acceptors (Lipinski definition) is 4. The number of carboxylic acids is 1. The maximum atomic E-state index is 12.0. The van der Waals surface area contributed by atoms with Crippen molar-refractivity contribution < 1.29 is 24.2 Å². The van der Waals surface area contributed by atoms with E-state index < -0.39 is 24.5 Å². The Morgan fingerprint density at radius 1 is 1.00 bits per heavy atom. The molecule has 1 aliphatic carbocycles. The Labute approximate surface area is 168 Å². The third kappa shape index (κ3) is 4.82. The number of hydrogen-bond donors (Lipinski definition) is 3. The normalized spacial score (nSPS) is 12.7. The third-order valence-corrected chi connectivity index (χ3v) is 4.76. The van der Waals surface area contributed by atoms with Gasteiger partial charge in [0.25, 0.3) is 0 Å². The molecule has 0 fully saturated rings. The van der Waals surface area contributed by atoms with Gasteiger partial charge in [-0.05, 0) is 29.2 Å². The lowest BCUT2D eigenvalue weighted by Gasteiger charge is -2.14. The number of carboxylic acid groups (broad SMARTS) is 1. The highest BCUT2D eigenvalue weighted by Crippen LogP contribution is 2.44. The molecule has 0 aromatic heterocycles. The zero-order valence-corrected chi connectivity index (χ0v) is 16.0. The number of alkyl carbamates (subject to hydrolysis) is 1. The van der Waals surface area contributed by atoms with E-state index in [-0.39, 0.29) is 19.1 Å². The highest BCUT2D eigenvalue weighted by molar-refractivity contribution is 5.94. The second kappa shape index (κ2) is 9.05. The molecule has 0 heterocycles. The zero-order valence-electron chi connectivity index (χ0n) is 16.0. The molecular weight excluding hydrogens is 372 g/mol. The Hall–Kier alpha value is -3.61. The maximum absolute atomic E-state index is 12.0. The standard InChI is InChI=1S/C22H22N2O5/c1-14(21(27)24-12-20(25)26)10-11-23-22(28)29-13-19-17-8-4-2-6-15(17)16-7-3-5-9-18(16)19/h2-10,19H,11-13H2,1H3,(H,23,28)(H,24,27)(H,25,26)/b14-10+. The van der Waals surface area contributed by atoms with Gasteiger partial charge in [-0.25, -0.2) is 4.79 Å². The Bertz CT molecular complexity index is 922. The fraction of sp³-hybridized carbons (Fsp3) is 0.227. The summed E-state index contributed by atoms with van der Waals surface area (Å²) in [4.78, 5) is 34.2. The first-order valence-corrected chi connectivity index (χ1v) is 9.23. The van der Waals surface area contributed by atoms with Gasteiger partial charge in [-0.3, -0.25) is 9.59 Å². The Kier molecular flexibility index (Phi) is 6.29. The molecule has 3 N–H and O–H groups in total. The smallest absolute Gasteiger partial charge is 0.407 e. The summed E-state index contributed by atoms with van der Waals surface area (Å²) in [6.07, 6.45) is 0.917. The zero-order chi connectivity index (χ0) is 20.8. The van der Waals surface area contributed by atoms with Crippen molar-refractivity contribution in [3.63, 3.8) is 0 Å². The minimum absolute atomic E-state index is 0.0211. The second-order valence-electron chi connectivity index (χ2n) is 6.67. The summed E-state index contributed by atoms with van der Waals surface area (Å²) in [5.74, 6) is -1.64. The summed E-state index contributed by atoms with van der Waals surface area (Å²) >= 11 is 0. The monoisotopic (exact) mass is 394 g/mol. The van der Waals surface area contributed by atoms with Crippen LogP contribution >= 0.6 is 0 Å². The average molecular weight is 394 g/mol. The summed E-state index contributed by atoms with van der Waals surface area (Å²) in [5, 5.41) is 13.4. The van der Waals surface area contributed by atoms with Crippen molar-refractivity contribution in [2.75, 3.05) is 19.7 Å². The Balaban J connectivity index is 1.53. The van der Waals surface area contributed by atoms with Gasteiger partial charge in [-0.1, -0.05) is 54.6 Å². The summed E-state index contributed by atoms with van der Waals surface area (Å²) in [6.45, 7) is 1.39. The Morgan fingerprint density at radius 2 is 1.59 bits per heavy atom. The van der Waals surface area contributed by atoms with Gasteiger partial charge in [0.05, 0.1) is 0 Å². The number of aliphatic carboxylic acids is 1. The number of nitrogens with one attached hydrogen (secondary N) is 2. The molecule has 0 atom stereocenters. The van der Waals surface area contributed by atoms with Gasteiger partial charge in [-0.15, -0.1) is 0 Å². The second-order valence-corrected chi connectivity index (χ2v) is 6.67. The largest absolute Gasteiger partial charge is 0.480 e. The van der Waals surface area contributed by atoms with E-state index in [0.717, 1.165) is 22.3 Å². The van der Waals surface area contributed by atoms with Crippen molar-refractivity contribution in [2.45, 2.75) is 12.8 Å². The molecule has 2 amide bonds. The van der Waals surface area contributed by atoms with E-state index >= 15 is 0 Å². The van der Waals surface area contributed by atoms with E-state index in [4.69, 9.17) is 9.84 Å². The summed E-state index contributed by atoms with van der Waals surface area (Å²) in [7, 11) is 0. The van der Waals surface area contributed by atoms with E-state index in [9.17, 15) is 14.4 Å². The quantitative estimate of drug-likeness (QED) is 0.626. The average Bonchev–Trinajstić information content (AvgIpc) is 3.04. The van der Waals surface area contributed by atoms with E-state index in [1.54, 1.807) is 0 Å². The molecule has 3 rings (SSSR count). The van der Waals surface area contributed by atoms with Crippen LogP contribution in [0, 0.1) is 0 Å². The lowest BCUT2D eigenvalue weighted by molar-refractivity contribution is -0.137. The van der Waals surface area contributed by atoms with Crippen molar-refractivity contribution in [2.24, 2.45) is 0 Å². The van der Waals surface area contributed by atoms with Crippen molar-refractivity contribution in [1.82, 2.24) is 10.6 Å². The summed E-state index contributed by atoms with van der Waals surface area (Å²) < 4.78 is 5.40. The Morgan fingerprint density at radius 3 is 2.17 bits per heavy atom. The maximum Gasteiger partial charge on any atom is 0.407 e. The molecule has 0 unspecified atom stereocenters. The van der Waals surface area contributed by atoms with Crippen LogP contribution in [0.1, 0.15) is 24.0 Å². The summed E-state index contributed by atoms with van der Waals surface area (Å²) in [5.41, 5.74) is 4.89. The molecule has 0 saturated heterocycles. The molecule has 0 bridgehead atoms. The summed E-state index contributed by atoms with van der Waals surface area (Å²) in [6, 6.07) is 16.2. The number of ether oxygens (including phenoxy) is 1. The predicted molar refractivity (Wildman–Crippen MR) is 107 cm³/mol. The third-order valence-electron chi connectivity index (χ3n) is 4.76. The molecule has 2 aromatic carbocycles. The number of carbonyl (C=O) groups is 3. The van der Waals surface area contributed by atoms with Crippen LogP contribution in [0.4, 0.5) is 4.79 Å². The molecule has 7 heteroatoms. The van der Waals surface area contributed by atoms with Crippen LogP contribution in [0.25, 0.3) is 11.1 Å². The van der Waals surface area contributed by atoms with E-state index in [2.05, 4.69) is 22.8 Å². The fourth-order valence-electron chi connectivity index (χ4n) is 3.32. The molecule has 0 spiro atoms. The minimum atomic E-state index is -1.12. The van der Waals surface area contributed by atoms with Crippen LogP contribution in [0.15, 0.2) is 60.2 Å². The van der Waals surface area contributed by atoms with Gasteiger partial charge in [0, 0.05) is 18.0 Å². The van der Waals surface area contributed by atoms with Gasteiger partial charge in [-0.2, -0.15) is 0 Å². The number of fused-ring (bicyclic) bond motifs is 3. The molecular formula is C22H22N2O5. The van der Waals surface area contributed by atoms with Crippen molar-refractivity contribution >= 4 is 18.0 Å². The SMILES string of the molecule is C/C(=C\CNC(=O)OCC1c2ccccc2-c2ccccc21)C(=O)NCC(=O)O. The van der Waals surface area contributed by atoms with E-state index in [1.165, 1.54) is 13.0 Å². The topological polar surface area (TPSA) is 105 Å². The molecule has 1 aliphatic rings. The van der Waals surface area contributed by atoms with E-state index in [0.29, 0.717) is 5.57 Å². The van der Waals surface area contributed by atoms with Crippen molar-refractivity contribution in [3.8, 4) is 11.1 Å². The molecule has 7 nitrogen and oxygen atoms in total. The van der Waals surface area contributed by atoms with Gasteiger partial charge in [0.15, 0.2) is 0 Å². The number of benzene rings is 2. The van der Waals surface area contributed by atoms with Gasteiger partial charge in [0.1, 0.15) is 13.2 Å². The first-order valence-electron chi connectivity index (χ1n) is 9.23. The van der Waals surface area contributed by atoms with E-state index in [1.807, 2.05) is 36.4 Å². The molecule has 2 aromatic rings. The lowest BCUT2D eigenvalue weighted by atomic mass is 9.98. The number of amides is 2. The molecule has 29 heavy (non-hydrogen) atoms. The minimum Gasteiger partial charge on any atom is -0.480 e. The van der Waals surface area contributed by atoms with Crippen LogP contribution < -0.4 is 10.6 Å². The first kappa shape index (κ1) is 20.1. The van der Waals surface area contributed by atoms with Crippen LogP contribution in [0.5, 0.6) is 0 Å².